The van der Waals surface area contributed by atoms with Gasteiger partial charge in [-0.2, -0.15) is 0 Å². The predicted molar refractivity (Wildman–Crippen MR) is 146 cm³/mol. The lowest BCUT2D eigenvalue weighted by Gasteiger charge is -2.40. The molecule has 1 aliphatic carbocycles. The summed E-state index contributed by atoms with van der Waals surface area (Å²) in [4.78, 5) is 40.2. The number of phenols is 1. The van der Waals surface area contributed by atoms with E-state index in [9.17, 15) is 19.5 Å². The third kappa shape index (κ3) is 6.51. The first-order valence-electron chi connectivity index (χ1n) is 13.6. The second-order valence-electron chi connectivity index (χ2n) is 12.0. The number of esters is 1. The van der Waals surface area contributed by atoms with Crippen LogP contribution in [0.4, 0.5) is 0 Å². The summed E-state index contributed by atoms with van der Waals surface area (Å²) >= 11 is 0. The van der Waals surface area contributed by atoms with E-state index in [2.05, 4.69) is 33.0 Å². The van der Waals surface area contributed by atoms with Crippen LogP contribution < -0.4 is 10.1 Å². The van der Waals surface area contributed by atoms with Crippen LogP contribution >= 0.6 is 0 Å². The fraction of sp³-hybridized carbons (Fsp3) is 0.633. The van der Waals surface area contributed by atoms with Crippen LogP contribution in [-0.4, -0.2) is 59.6 Å². The van der Waals surface area contributed by atoms with Crippen molar-refractivity contribution in [3.05, 3.63) is 29.8 Å². The number of hydrogen-bond donors (Lipinski definition) is 2. The van der Waals surface area contributed by atoms with Gasteiger partial charge in [-0.1, -0.05) is 33.8 Å². The van der Waals surface area contributed by atoms with Crippen LogP contribution in [0.15, 0.2) is 24.3 Å². The summed E-state index contributed by atoms with van der Waals surface area (Å²) < 4.78 is 10.9. The zero-order valence-electron chi connectivity index (χ0n) is 23.9. The molecule has 4 atom stereocenters. The van der Waals surface area contributed by atoms with E-state index in [0.717, 1.165) is 19.3 Å². The van der Waals surface area contributed by atoms with E-state index in [4.69, 9.17) is 9.47 Å². The number of carbonyl (C=O) groups excluding carboxylic acids is 3. The maximum absolute atomic E-state index is 13.1. The van der Waals surface area contributed by atoms with Gasteiger partial charge in [-0.3, -0.25) is 9.59 Å². The molecule has 38 heavy (non-hydrogen) atoms. The molecule has 2 aliphatic rings. The molecule has 1 saturated carbocycles. The van der Waals surface area contributed by atoms with Crippen molar-refractivity contribution in [3.8, 4) is 11.5 Å². The van der Waals surface area contributed by atoms with Crippen LogP contribution in [-0.2, 0) is 19.1 Å². The number of nitrogens with zero attached hydrogens (tertiary/aromatic N) is 1. The number of ether oxygens (including phenoxy) is 2. The van der Waals surface area contributed by atoms with Gasteiger partial charge in [0.2, 0.25) is 11.8 Å². The maximum atomic E-state index is 13.1. The first kappa shape index (κ1) is 29.5. The van der Waals surface area contributed by atoms with Crippen LogP contribution in [0.5, 0.6) is 11.5 Å². The smallest absolute Gasteiger partial charge is 0.329 e. The Bertz CT molecular complexity index is 1060. The molecule has 2 N–H and O–H groups in total. The monoisotopic (exact) mass is 528 g/mol. The quantitative estimate of drug-likeness (QED) is 0.356. The molecule has 0 bridgehead atoms. The fourth-order valence-electron chi connectivity index (χ4n) is 5.73. The maximum Gasteiger partial charge on any atom is 0.329 e. The standard InChI is InChI=1S/C30H44N2O6/c1-19(17-22-14-15-29(3,4)30(22,5)6)38-28(36)23-9-8-16-32(23)27(35)20(2)31-26(34)13-11-21-10-12-24(33)25(18-21)37-7/h10-13,18-20,22-23,33H,8-9,14-17H2,1-7H3,(H,31,34)/b13-11+/t19?,20-,22?,23-/m0/s1. The normalized spacial score (nSPS) is 23.7. The minimum atomic E-state index is -0.797. The van der Waals surface area contributed by atoms with Crippen molar-refractivity contribution in [2.75, 3.05) is 13.7 Å². The molecule has 1 heterocycles. The van der Waals surface area contributed by atoms with Gasteiger partial charge in [0, 0.05) is 12.6 Å². The molecular formula is C30H44N2O6. The molecule has 2 unspecified atom stereocenters. The van der Waals surface area contributed by atoms with Gasteiger partial charge >= 0.3 is 5.97 Å². The van der Waals surface area contributed by atoms with Gasteiger partial charge < -0.3 is 24.8 Å². The Morgan fingerprint density at radius 1 is 1.18 bits per heavy atom. The summed E-state index contributed by atoms with van der Waals surface area (Å²) in [6, 6.07) is 3.30. The third-order valence-electron chi connectivity index (χ3n) is 8.98. The van der Waals surface area contributed by atoms with E-state index in [1.165, 1.54) is 24.2 Å². The van der Waals surface area contributed by atoms with E-state index in [1.807, 2.05) is 6.92 Å². The van der Waals surface area contributed by atoms with Crippen molar-refractivity contribution in [2.45, 2.75) is 91.8 Å². The van der Waals surface area contributed by atoms with Crippen LogP contribution in [0.3, 0.4) is 0 Å². The van der Waals surface area contributed by atoms with Crippen LogP contribution in [0.2, 0.25) is 0 Å². The Balaban J connectivity index is 1.54. The Morgan fingerprint density at radius 2 is 1.89 bits per heavy atom. The highest BCUT2D eigenvalue weighted by Crippen LogP contribution is 2.57. The molecule has 1 saturated heterocycles. The highest BCUT2D eigenvalue weighted by molar-refractivity contribution is 5.96. The number of carbonyl (C=O) groups is 3. The van der Waals surface area contributed by atoms with Crippen molar-refractivity contribution in [3.63, 3.8) is 0 Å². The summed E-state index contributed by atoms with van der Waals surface area (Å²) in [6.07, 6.45) is 7.04. The molecule has 3 rings (SSSR count). The fourth-order valence-corrected chi connectivity index (χ4v) is 5.73. The van der Waals surface area contributed by atoms with Crippen molar-refractivity contribution >= 4 is 23.9 Å². The zero-order valence-corrected chi connectivity index (χ0v) is 23.9. The molecule has 210 valence electrons. The molecule has 1 aliphatic heterocycles. The lowest BCUT2D eigenvalue weighted by atomic mass is 9.66. The highest BCUT2D eigenvalue weighted by atomic mass is 16.5. The number of rotatable bonds is 9. The summed E-state index contributed by atoms with van der Waals surface area (Å²) in [5, 5.41) is 12.4. The molecular weight excluding hydrogens is 484 g/mol. The van der Waals surface area contributed by atoms with Gasteiger partial charge in [0.15, 0.2) is 11.5 Å². The third-order valence-corrected chi connectivity index (χ3v) is 8.98. The number of likely N-dealkylation sites (tertiary alicyclic amines) is 1. The van der Waals surface area contributed by atoms with Gasteiger partial charge in [-0.05, 0) is 86.5 Å². The molecule has 2 amide bonds. The number of nitrogens with one attached hydrogen (secondary N) is 1. The second kappa shape index (κ2) is 11.8. The molecule has 2 fully saturated rings. The Hall–Kier alpha value is -3.03. The van der Waals surface area contributed by atoms with E-state index in [1.54, 1.807) is 25.1 Å². The Morgan fingerprint density at radius 3 is 2.53 bits per heavy atom. The topological polar surface area (TPSA) is 105 Å². The SMILES string of the molecule is COc1cc(/C=C/C(=O)N[C@@H](C)C(=O)N2CCC[C@H]2C(=O)OC(C)CC2CCC(C)(C)C2(C)C)ccc1O. The lowest BCUT2D eigenvalue weighted by molar-refractivity contribution is -0.158. The van der Waals surface area contributed by atoms with Crippen molar-refractivity contribution in [1.29, 1.82) is 0 Å². The van der Waals surface area contributed by atoms with Gasteiger partial charge in [0.1, 0.15) is 12.1 Å². The number of hydrogen-bond acceptors (Lipinski definition) is 6. The number of aromatic hydroxyl groups is 1. The first-order chi connectivity index (χ1) is 17.8. The number of benzene rings is 1. The molecule has 8 nitrogen and oxygen atoms in total. The summed E-state index contributed by atoms with van der Waals surface area (Å²) in [5.41, 5.74) is 1.08. The number of phenolic OH excluding ortho intramolecular Hbond substituents is 1. The average Bonchev–Trinajstić information content (AvgIpc) is 3.42. The molecule has 0 spiro atoms. The first-order valence-corrected chi connectivity index (χ1v) is 13.6. The van der Waals surface area contributed by atoms with Crippen molar-refractivity contribution < 1.29 is 29.0 Å². The largest absolute Gasteiger partial charge is 0.504 e. The average molecular weight is 529 g/mol. The molecule has 8 heteroatoms. The van der Waals surface area contributed by atoms with E-state index in [-0.39, 0.29) is 34.6 Å². The minimum Gasteiger partial charge on any atom is -0.504 e. The van der Waals surface area contributed by atoms with Gasteiger partial charge in [0.05, 0.1) is 13.2 Å². The number of amides is 2. The van der Waals surface area contributed by atoms with E-state index >= 15 is 0 Å². The van der Waals surface area contributed by atoms with Crippen LogP contribution in [0.1, 0.15) is 79.2 Å². The summed E-state index contributed by atoms with van der Waals surface area (Å²) in [6.45, 7) is 13.3. The van der Waals surface area contributed by atoms with Gasteiger partial charge in [-0.25, -0.2) is 4.79 Å². The molecule has 1 aromatic carbocycles. The molecule has 0 aromatic heterocycles. The highest BCUT2D eigenvalue weighted by Gasteiger charge is 2.48. The summed E-state index contributed by atoms with van der Waals surface area (Å²) in [5.74, 6) is -0.317. The van der Waals surface area contributed by atoms with E-state index < -0.39 is 18.0 Å². The molecule has 1 aromatic rings. The van der Waals surface area contributed by atoms with Crippen molar-refractivity contribution in [1.82, 2.24) is 10.2 Å². The predicted octanol–water partition coefficient (Wildman–Crippen LogP) is 4.69. The number of methoxy groups -OCH3 is 1. The minimum absolute atomic E-state index is 0.00716. The second-order valence-corrected chi connectivity index (χ2v) is 12.0. The van der Waals surface area contributed by atoms with Gasteiger partial charge in [-0.15, -0.1) is 0 Å². The summed E-state index contributed by atoms with van der Waals surface area (Å²) in [7, 11) is 1.45. The zero-order chi connectivity index (χ0) is 28.3. The Labute approximate surface area is 226 Å². The lowest BCUT2D eigenvalue weighted by Crippen LogP contribution is -2.50. The van der Waals surface area contributed by atoms with Gasteiger partial charge in [0.25, 0.3) is 0 Å². The Kier molecular flexibility index (Phi) is 9.16. The van der Waals surface area contributed by atoms with Crippen LogP contribution in [0.25, 0.3) is 6.08 Å². The van der Waals surface area contributed by atoms with Crippen LogP contribution in [0, 0.1) is 16.7 Å². The van der Waals surface area contributed by atoms with E-state index in [0.29, 0.717) is 36.6 Å². The molecule has 0 radical (unpaired) electrons. The van der Waals surface area contributed by atoms with Crippen molar-refractivity contribution in [2.24, 2.45) is 16.7 Å².